The quantitative estimate of drug-likeness (QED) is 0.593. The van der Waals surface area contributed by atoms with E-state index in [1.165, 1.54) is 6.20 Å². The fourth-order valence-electron chi connectivity index (χ4n) is 4.90. The largest absolute Gasteiger partial charge is 0.348 e. The molecule has 33 heavy (non-hydrogen) atoms. The van der Waals surface area contributed by atoms with E-state index in [1.807, 2.05) is 0 Å². The SMILES string of the molecule is CS(=O)(=O)c1cncc(CN2[C@@H](C(=O)N[C@@H](c3cc(F)c(Cl)cc3F)C3CC3)C[C@H]3C[C@H]32)c1. The summed E-state index contributed by atoms with van der Waals surface area (Å²) in [5.74, 6) is -1.09. The van der Waals surface area contributed by atoms with Crippen molar-refractivity contribution in [1.29, 1.82) is 0 Å². The van der Waals surface area contributed by atoms with Crippen LogP contribution >= 0.6 is 11.6 Å². The van der Waals surface area contributed by atoms with E-state index in [1.54, 1.807) is 12.3 Å². The van der Waals surface area contributed by atoms with Crippen LogP contribution in [0.25, 0.3) is 0 Å². The number of nitrogens with zero attached hydrogens (tertiary/aromatic N) is 2. The van der Waals surface area contributed by atoms with Crippen LogP contribution in [0.5, 0.6) is 0 Å². The van der Waals surface area contributed by atoms with Gasteiger partial charge in [-0.1, -0.05) is 11.6 Å². The molecule has 3 aliphatic rings. The van der Waals surface area contributed by atoms with E-state index >= 15 is 0 Å². The van der Waals surface area contributed by atoms with Crippen LogP contribution in [0.1, 0.15) is 42.9 Å². The highest BCUT2D eigenvalue weighted by molar-refractivity contribution is 7.90. The molecule has 10 heteroatoms. The van der Waals surface area contributed by atoms with Crippen molar-refractivity contribution in [2.24, 2.45) is 11.8 Å². The minimum Gasteiger partial charge on any atom is -0.348 e. The lowest BCUT2D eigenvalue weighted by Crippen LogP contribution is -2.46. The maximum atomic E-state index is 14.6. The van der Waals surface area contributed by atoms with E-state index in [-0.39, 0.29) is 33.3 Å². The number of piperidine rings is 1. The highest BCUT2D eigenvalue weighted by Gasteiger charge is 2.54. The number of benzene rings is 1. The minimum atomic E-state index is -3.39. The second kappa shape index (κ2) is 8.29. The smallest absolute Gasteiger partial charge is 0.237 e. The number of fused-ring (bicyclic) bond motifs is 1. The number of likely N-dealkylation sites (tertiary alicyclic amines) is 1. The van der Waals surface area contributed by atoms with Crippen LogP contribution < -0.4 is 5.32 Å². The van der Waals surface area contributed by atoms with Crippen LogP contribution in [0.15, 0.2) is 35.5 Å². The molecule has 3 fully saturated rings. The number of halogens is 3. The first-order valence-electron chi connectivity index (χ1n) is 11.0. The van der Waals surface area contributed by atoms with Crippen LogP contribution in [0.2, 0.25) is 5.02 Å². The van der Waals surface area contributed by atoms with E-state index in [4.69, 9.17) is 11.6 Å². The van der Waals surface area contributed by atoms with Crippen molar-refractivity contribution >= 4 is 27.3 Å². The lowest BCUT2D eigenvalue weighted by Gasteiger charge is -2.29. The molecular formula is C23H24ClF2N3O3S. The van der Waals surface area contributed by atoms with Crippen molar-refractivity contribution in [1.82, 2.24) is 15.2 Å². The Bertz CT molecular complexity index is 1220. The van der Waals surface area contributed by atoms with Gasteiger partial charge in [0, 0.05) is 36.8 Å². The molecule has 0 radical (unpaired) electrons. The fourth-order valence-corrected chi connectivity index (χ4v) is 5.67. The lowest BCUT2D eigenvalue weighted by atomic mass is 10.00. The Kier molecular flexibility index (Phi) is 5.69. The summed E-state index contributed by atoms with van der Waals surface area (Å²) in [6, 6.07) is 2.84. The number of pyridine rings is 1. The Morgan fingerprint density at radius 2 is 1.97 bits per heavy atom. The number of rotatable bonds is 7. The molecule has 1 aliphatic heterocycles. The summed E-state index contributed by atoms with van der Waals surface area (Å²) in [6.07, 6.45) is 7.39. The van der Waals surface area contributed by atoms with Gasteiger partial charge in [0.05, 0.1) is 22.0 Å². The second-order valence-electron chi connectivity index (χ2n) is 9.40. The van der Waals surface area contributed by atoms with Gasteiger partial charge in [0.1, 0.15) is 11.6 Å². The Hall–Kier alpha value is -2.10. The summed E-state index contributed by atoms with van der Waals surface area (Å²) in [5.41, 5.74) is 0.834. The third-order valence-electron chi connectivity index (χ3n) is 6.87. The molecule has 5 rings (SSSR count). The van der Waals surface area contributed by atoms with Gasteiger partial charge in [-0.25, -0.2) is 17.2 Å². The number of hydrogen-bond acceptors (Lipinski definition) is 5. The van der Waals surface area contributed by atoms with E-state index in [2.05, 4.69) is 15.2 Å². The van der Waals surface area contributed by atoms with Crippen LogP contribution in [0.4, 0.5) is 8.78 Å². The van der Waals surface area contributed by atoms with Crippen LogP contribution in [-0.2, 0) is 21.2 Å². The van der Waals surface area contributed by atoms with Crippen LogP contribution in [-0.4, -0.2) is 42.5 Å². The molecule has 1 N–H and O–H groups in total. The average Bonchev–Trinajstić information content (AvgIpc) is 3.67. The van der Waals surface area contributed by atoms with E-state index in [9.17, 15) is 22.0 Å². The molecule has 0 bridgehead atoms. The number of hydrogen-bond donors (Lipinski definition) is 1. The van der Waals surface area contributed by atoms with Crippen molar-refractivity contribution < 1.29 is 22.0 Å². The highest BCUT2D eigenvalue weighted by Crippen LogP contribution is 2.49. The average molecular weight is 496 g/mol. The molecule has 1 aromatic carbocycles. The number of amides is 1. The summed E-state index contributed by atoms with van der Waals surface area (Å²) in [5, 5.41) is 2.69. The molecule has 6 nitrogen and oxygen atoms in total. The van der Waals surface area contributed by atoms with Gasteiger partial charge >= 0.3 is 0 Å². The van der Waals surface area contributed by atoms with E-state index in [0.717, 1.165) is 37.7 Å². The Morgan fingerprint density at radius 1 is 1.21 bits per heavy atom. The van der Waals surface area contributed by atoms with Crippen molar-refractivity contribution in [2.45, 2.75) is 55.2 Å². The lowest BCUT2D eigenvalue weighted by molar-refractivity contribution is -0.127. The maximum absolute atomic E-state index is 14.6. The van der Waals surface area contributed by atoms with Crippen LogP contribution in [0, 0.1) is 23.5 Å². The van der Waals surface area contributed by atoms with Gasteiger partial charge in [0.25, 0.3) is 0 Å². The number of carbonyl (C=O) groups is 1. The molecule has 1 saturated heterocycles. The first-order chi connectivity index (χ1) is 15.6. The fraction of sp³-hybridized carbons (Fsp3) is 0.478. The molecule has 1 amide bonds. The standard InChI is InChI=1S/C23H24ClF2N3O3S/c1-33(31,32)15-4-12(9-27-10-15)11-29-20-5-14(20)6-21(29)23(30)28-22(13-2-3-13)16-7-19(26)17(24)8-18(16)25/h4,7-10,13-14,20-22H,2-3,5-6,11H2,1H3,(H,28,30)/t14-,20-,21-,22-/m1/s1. The van der Waals surface area contributed by atoms with Gasteiger partial charge in [0.15, 0.2) is 9.84 Å². The minimum absolute atomic E-state index is 0.0593. The van der Waals surface area contributed by atoms with Gasteiger partial charge in [-0.15, -0.1) is 0 Å². The summed E-state index contributed by atoms with van der Waals surface area (Å²) in [6.45, 7) is 0.396. The molecule has 4 atom stereocenters. The summed E-state index contributed by atoms with van der Waals surface area (Å²) >= 11 is 5.70. The molecule has 2 aromatic rings. The van der Waals surface area contributed by atoms with Gasteiger partial charge in [-0.3, -0.25) is 14.7 Å². The van der Waals surface area contributed by atoms with Gasteiger partial charge in [-0.05, 0) is 61.3 Å². The first-order valence-corrected chi connectivity index (χ1v) is 13.2. The molecular weight excluding hydrogens is 472 g/mol. The Balaban J connectivity index is 1.35. The van der Waals surface area contributed by atoms with Crippen molar-refractivity contribution in [3.63, 3.8) is 0 Å². The Labute approximate surface area is 196 Å². The van der Waals surface area contributed by atoms with E-state index in [0.29, 0.717) is 24.4 Å². The van der Waals surface area contributed by atoms with Gasteiger partial charge < -0.3 is 5.32 Å². The number of sulfone groups is 1. The zero-order chi connectivity index (χ0) is 23.5. The Morgan fingerprint density at radius 3 is 2.67 bits per heavy atom. The summed E-state index contributed by atoms with van der Waals surface area (Å²) in [4.78, 5) is 19.6. The molecule has 0 spiro atoms. The zero-order valence-corrected chi connectivity index (χ0v) is 19.5. The second-order valence-corrected chi connectivity index (χ2v) is 11.8. The predicted molar refractivity (Wildman–Crippen MR) is 118 cm³/mol. The van der Waals surface area contributed by atoms with Gasteiger partial charge in [-0.2, -0.15) is 0 Å². The molecule has 2 heterocycles. The third kappa shape index (κ3) is 4.63. The normalized spacial score (nSPS) is 25.5. The molecule has 2 aliphatic carbocycles. The van der Waals surface area contributed by atoms with Crippen molar-refractivity contribution in [3.05, 3.63) is 58.4 Å². The number of carbonyl (C=O) groups excluding carboxylic acids is 1. The van der Waals surface area contributed by atoms with Crippen LogP contribution in [0.3, 0.4) is 0 Å². The van der Waals surface area contributed by atoms with E-state index < -0.39 is 33.6 Å². The summed E-state index contributed by atoms with van der Waals surface area (Å²) < 4.78 is 52.4. The highest BCUT2D eigenvalue weighted by atomic mass is 35.5. The monoisotopic (exact) mass is 495 g/mol. The number of aromatic nitrogens is 1. The molecule has 2 saturated carbocycles. The zero-order valence-electron chi connectivity index (χ0n) is 18.0. The molecule has 176 valence electrons. The topological polar surface area (TPSA) is 79.4 Å². The predicted octanol–water partition coefficient (Wildman–Crippen LogP) is 3.65. The number of nitrogens with one attached hydrogen (secondary N) is 1. The third-order valence-corrected chi connectivity index (χ3v) is 8.24. The van der Waals surface area contributed by atoms with Crippen molar-refractivity contribution in [3.8, 4) is 0 Å². The molecule has 0 unspecified atom stereocenters. The summed E-state index contributed by atoms with van der Waals surface area (Å²) in [7, 11) is -3.39. The first kappa shape index (κ1) is 22.7. The van der Waals surface area contributed by atoms with Gasteiger partial charge in [0.2, 0.25) is 5.91 Å². The maximum Gasteiger partial charge on any atom is 0.237 e. The molecule has 1 aromatic heterocycles. The van der Waals surface area contributed by atoms with Crippen molar-refractivity contribution in [2.75, 3.05) is 6.26 Å².